The number of carbonyl (C=O) groups is 3. The summed E-state index contributed by atoms with van der Waals surface area (Å²) in [4.78, 5) is 39.8. The van der Waals surface area contributed by atoms with E-state index in [9.17, 15) is 14.4 Å². The Kier molecular flexibility index (Phi) is 8.81. The summed E-state index contributed by atoms with van der Waals surface area (Å²) in [6.45, 7) is 9.25. The molecule has 1 saturated heterocycles. The van der Waals surface area contributed by atoms with Crippen LogP contribution in [0, 0.1) is 12.8 Å². The zero-order valence-electron chi connectivity index (χ0n) is 20.1. The van der Waals surface area contributed by atoms with Crippen LogP contribution >= 0.6 is 0 Å². The van der Waals surface area contributed by atoms with Crippen LogP contribution in [0.2, 0.25) is 0 Å². The molecular formula is C24H36N2O6. The smallest absolute Gasteiger partial charge is 0.410 e. The van der Waals surface area contributed by atoms with Crippen molar-refractivity contribution in [1.29, 1.82) is 0 Å². The van der Waals surface area contributed by atoms with Gasteiger partial charge in [0.25, 0.3) is 0 Å². The second-order valence-corrected chi connectivity index (χ2v) is 9.24. The fourth-order valence-corrected chi connectivity index (χ4v) is 3.99. The van der Waals surface area contributed by atoms with Crippen molar-refractivity contribution in [2.75, 3.05) is 27.3 Å². The van der Waals surface area contributed by atoms with Crippen LogP contribution in [0.3, 0.4) is 0 Å². The number of carbonyl (C=O) groups excluding carboxylic acids is 3. The summed E-state index contributed by atoms with van der Waals surface area (Å²) in [7, 11) is 3.11. The van der Waals surface area contributed by atoms with Gasteiger partial charge in [0, 0.05) is 19.8 Å². The highest BCUT2D eigenvalue weighted by Crippen LogP contribution is 2.29. The van der Waals surface area contributed by atoms with Gasteiger partial charge in [0.2, 0.25) is 5.91 Å². The Morgan fingerprint density at radius 3 is 2.41 bits per heavy atom. The molecule has 1 fully saturated rings. The molecule has 1 aromatic rings. The third-order valence-corrected chi connectivity index (χ3v) is 5.69. The summed E-state index contributed by atoms with van der Waals surface area (Å²) >= 11 is 0. The SMILES string of the molecule is COC1CC([C@H](OC)[C@@H](C)C(=O)NCC(=O)c2ccccc2C)N(C(=O)OC(C)(C)C)C1. The van der Waals surface area contributed by atoms with Gasteiger partial charge in [-0.15, -0.1) is 0 Å². The van der Waals surface area contributed by atoms with Gasteiger partial charge in [-0.2, -0.15) is 0 Å². The number of ether oxygens (including phenoxy) is 3. The Morgan fingerprint density at radius 2 is 1.84 bits per heavy atom. The molecule has 2 rings (SSSR count). The second-order valence-electron chi connectivity index (χ2n) is 9.24. The molecule has 0 aromatic heterocycles. The first kappa shape index (κ1) is 25.8. The summed E-state index contributed by atoms with van der Waals surface area (Å²) in [5.41, 5.74) is 0.798. The molecule has 32 heavy (non-hydrogen) atoms. The molecule has 0 spiro atoms. The summed E-state index contributed by atoms with van der Waals surface area (Å²) < 4.78 is 16.7. The average Bonchev–Trinajstić information content (AvgIpc) is 3.15. The molecule has 8 nitrogen and oxygen atoms in total. The lowest BCUT2D eigenvalue weighted by Gasteiger charge is -2.34. The van der Waals surface area contributed by atoms with Crippen molar-refractivity contribution in [3.05, 3.63) is 35.4 Å². The molecule has 4 atom stereocenters. The molecular weight excluding hydrogens is 412 g/mol. The van der Waals surface area contributed by atoms with Gasteiger partial charge in [0.05, 0.1) is 37.3 Å². The van der Waals surface area contributed by atoms with Crippen LogP contribution in [0.1, 0.15) is 50.0 Å². The van der Waals surface area contributed by atoms with Gasteiger partial charge in [0.15, 0.2) is 5.78 Å². The lowest BCUT2D eigenvalue weighted by Crippen LogP contribution is -2.51. The number of amides is 2. The average molecular weight is 449 g/mol. The molecule has 2 unspecified atom stereocenters. The van der Waals surface area contributed by atoms with E-state index in [4.69, 9.17) is 14.2 Å². The van der Waals surface area contributed by atoms with Crippen LogP contribution in [0.5, 0.6) is 0 Å². The molecule has 0 radical (unpaired) electrons. The van der Waals surface area contributed by atoms with Gasteiger partial charge in [-0.1, -0.05) is 31.2 Å². The number of hydrogen-bond donors (Lipinski definition) is 1. The molecule has 1 N–H and O–H groups in total. The zero-order chi connectivity index (χ0) is 24.1. The largest absolute Gasteiger partial charge is 0.444 e. The monoisotopic (exact) mass is 448 g/mol. The first-order valence-corrected chi connectivity index (χ1v) is 10.9. The van der Waals surface area contributed by atoms with E-state index in [0.717, 1.165) is 5.56 Å². The number of rotatable bonds is 8. The van der Waals surface area contributed by atoms with E-state index in [0.29, 0.717) is 18.5 Å². The molecule has 1 heterocycles. The van der Waals surface area contributed by atoms with Gasteiger partial charge < -0.3 is 19.5 Å². The highest BCUT2D eigenvalue weighted by Gasteiger charge is 2.45. The Hall–Kier alpha value is -2.45. The van der Waals surface area contributed by atoms with E-state index in [-0.39, 0.29) is 24.3 Å². The summed E-state index contributed by atoms with van der Waals surface area (Å²) in [6.07, 6.45) is -0.709. The van der Waals surface area contributed by atoms with Gasteiger partial charge in [-0.25, -0.2) is 4.79 Å². The van der Waals surface area contributed by atoms with E-state index in [1.165, 1.54) is 7.11 Å². The van der Waals surface area contributed by atoms with E-state index in [2.05, 4.69) is 5.32 Å². The summed E-state index contributed by atoms with van der Waals surface area (Å²) in [5, 5.41) is 2.72. The predicted molar refractivity (Wildman–Crippen MR) is 121 cm³/mol. The Labute approximate surface area is 190 Å². The van der Waals surface area contributed by atoms with Crippen LogP contribution in [0.4, 0.5) is 4.79 Å². The number of likely N-dealkylation sites (tertiary alicyclic amines) is 1. The van der Waals surface area contributed by atoms with Crippen molar-refractivity contribution in [3.8, 4) is 0 Å². The molecule has 1 aromatic carbocycles. The second kappa shape index (κ2) is 10.9. The highest BCUT2D eigenvalue weighted by molar-refractivity contribution is 6.00. The van der Waals surface area contributed by atoms with Gasteiger partial charge in [0.1, 0.15) is 5.60 Å². The van der Waals surface area contributed by atoms with E-state index in [1.807, 2.05) is 19.1 Å². The third kappa shape index (κ3) is 6.53. The molecule has 2 amide bonds. The van der Waals surface area contributed by atoms with Crippen molar-refractivity contribution in [2.45, 2.75) is 64.9 Å². The topological polar surface area (TPSA) is 94.2 Å². The molecule has 0 saturated carbocycles. The van der Waals surface area contributed by atoms with Crippen LogP contribution in [0.15, 0.2) is 24.3 Å². The number of methoxy groups -OCH3 is 2. The van der Waals surface area contributed by atoms with E-state index < -0.39 is 29.8 Å². The van der Waals surface area contributed by atoms with Crippen molar-refractivity contribution in [2.24, 2.45) is 5.92 Å². The quantitative estimate of drug-likeness (QED) is 0.615. The van der Waals surface area contributed by atoms with Gasteiger partial charge in [-0.05, 0) is 39.7 Å². The number of nitrogens with zero attached hydrogens (tertiary/aromatic N) is 1. The first-order valence-electron chi connectivity index (χ1n) is 10.9. The van der Waals surface area contributed by atoms with Crippen LogP contribution in [-0.2, 0) is 19.0 Å². The van der Waals surface area contributed by atoms with Gasteiger partial charge >= 0.3 is 6.09 Å². The van der Waals surface area contributed by atoms with Gasteiger partial charge in [-0.3, -0.25) is 14.5 Å². The Balaban J connectivity index is 2.09. The van der Waals surface area contributed by atoms with Crippen LogP contribution < -0.4 is 5.32 Å². The maximum atomic E-state index is 12.9. The van der Waals surface area contributed by atoms with Crippen LogP contribution in [-0.4, -0.2) is 73.8 Å². The maximum Gasteiger partial charge on any atom is 0.410 e. The van der Waals surface area contributed by atoms with Crippen molar-refractivity contribution in [1.82, 2.24) is 10.2 Å². The van der Waals surface area contributed by atoms with E-state index in [1.54, 1.807) is 51.8 Å². The number of nitrogens with one attached hydrogen (secondary N) is 1. The normalized spacial score (nSPS) is 20.5. The fraction of sp³-hybridized carbons (Fsp3) is 0.625. The highest BCUT2D eigenvalue weighted by atomic mass is 16.6. The number of hydrogen-bond acceptors (Lipinski definition) is 6. The van der Waals surface area contributed by atoms with Crippen molar-refractivity contribution >= 4 is 17.8 Å². The van der Waals surface area contributed by atoms with Crippen LogP contribution in [0.25, 0.3) is 0 Å². The number of ketones is 1. The Morgan fingerprint density at radius 1 is 1.19 bits per heavy atom. The lowest BCUT2D eigenvalue weighted by molar-refractivity contribution is -0.130. The summed E-state index contributed by atoms with van der Waals surface area (Å²) in [6, 6.07) is 6.86. The first-order chi connectivity index (χ1) is 15.0. The molecule has 0 aliphatic carbocycles. The summed E-state index contributed by atoms with van der Waals surface area (Å²) in [5.74, 6) is -1.08. The molecule has 8 heteroatoms. The van der Waals surface area contributed by atoms with Crippen molar-refractivity contribution < 1.29 is 28.6 Å². The Bertz CT molecular complexity index is 819. The zero-order valence-corrected chi connectivity index (χ0v) is 20.1. The molecule has 1 aliphatic heterocycles. The lowest BCUT2D eigenvalue weighted by atomic mass is 9.94. The molecule has 1 aliphatic rings. The van der Waals surface area contributed by atoms with E-state index >= 15 is 0 Å². The maximum absolute atomic E-state index is 12.9. The molecule has 178 valence electrons. The number of aryl methyl sites for hydroxylation is 1. The number of Topliss-reactive ketones (excluding diaryl/α,β-unsaturated/α-hetero) is 1. The fourth-order valence-electron chi connectivity index (χ4n) is 3.99. The number of benzene rings is 1. The van der Waals surface area contributed by atoms with Crippen molar-refractivity contribution in [3.63, 3.8) is 0 Å². The minimum Gasteiger partial charge on any atom is -0.444 e. The third-order valence-electron chi connectivity index (χ3n) is 5.69. The standard InChI is InChI=1S/C24H36N2O6/c1-15-10-8-9-11-18(15)20(27)13-25-22(28)16(2)21(31-7)19-12-17(30-6)14-26(19)23(29)32-24(3,4)5/h8-11,16-17,19,21H,12-14H2,1-7H3,(H,25,28)/t16-,17?,19?,21-/m1/s1. The minimum atomic E-state index is -0.645. The molecule has 0 bridgehead atoms. The predicted octanol–water partition coefficient (Wildman–Crippen LogP) is 2.97. The minimum absolute atomic E-state index is 0.106.